The quantitative estimate of drug-likeness (QED) is 0.555. The molecule has 4 aliphatic rings. The van der Waals surface area contributed by atoms with E-state index in [1.165, 1.54) is 32.1 Å². The minimum Gasteiger partial charge on any atom is -0.117 e. The van der Waals surface area contributed by atoms with Crippen LogP contribution in [0.4, 0.5) is 0 Å². The Morgan fingerprint density at radius 2 is 1.50 bits per heavy atom. The average molecular weight is 330 g/mol. The van der Waals surface area contributed by atoms with E-state index in [2.05, 4.69) is 0 Å². The maximum absolute atomic E-state index is 6.88. The van der Waals surface area contributed by atoms with Gasteiger partial charge in [0.15, 0.2) is 0 Å². The van der Waals surface area contributed by atoms with Gasteiger partial charge < -0.3 is 0 Å². The predicted octanol–water partition coefficient (Wildman–Crippen LogP) is 6.35. The fourth-order valence-corrected chi connectivity index (χ4v) is 6.56. The third-order valence-electron chi connectivity index (χ3n) is 5.90. The van der Waals surface area contributed by atoms with Crippen molar-refractivity contribution in [2.75, 3.05) is 0 Å². The van der Waals surface area contributed by atoms with Gasteiger partial charge in [0, 0.05) is 10.0 Å². The van der Waals surface area contributed by atoms with E-state index >= 15 is 0 Å². The van der Waals surface area contributed by atoms with Crippen molar-refractivity contribution < 1.29 is 0 Å². The highest BCUT2D eigenvalue weighted by atomic mass is 35.5. The highest BCUT2D eigenvalue weighted by Crippen LogP contribution is 2.60. The lowest BCUT2D eigenvalue weighted by molar-refractivity contribution is -0.0381. The summed E-state index contributed by atoms with van der Waals surface area (Å²) in [6.45, 7) is 0. The Labute approximate surface area is 135 Å². The zero-order valence-electron chi connectivity index (χ0n) is 11.4. The van der Waals surface area contributed by atoms with E-state index in [1.807, 2.05) is 18.2 Å². The lowest BCUT2D eigenvalue weighted by Gasteiger charge is -2.55. The Morgan fingerprint density at radius 1 is 0.900 bits per heavy atom. The van der Waals surface area contributed by atoms with Gasteiger partial charge in [0.2, 0.25) is 0 Å². The van der Waals surface area contributed by atoms with Crippen LogP contribution in [-0.4, -0.2) is 0 Å². The van der Waals surface area contributed by atoms with Crippen LogP contribution in [0, 0.1) is 29.6 Å². The summed E-state index contributed by atoms with van der Waals surface area (Å²) in [6.07, 6.45) is 7.06. The second-order valence-corrected chi connectivity index (χ2v) is 8.39. The van der Waals surface area contributed by atoms with Crippen LogP contribution in [-0.2, 0) is 0 Å². The second kappa shape index (κ2) is 5.07. The molecule has 0 N–H and O–H groups in total. The van der Waals surface area contributed by atoms with E-state index in [0.717, 1.165) is 34.3 Å². The van der Waals surface area contributed by atoms with Gasteiger partial charge in [0.1, 0.15) is 0 Å². The van der Waals surface area contributed by atoms with Crippen molar-refractivity contribution >= 4 is 34.8 Å². The Kier molecular flexibility index (Phi) is 3.48. The molecular weight excluding hydrogens is 311 g/mol. The zero-order chi connectivity index (χ0) is 13.9. The molecule has 0 nitrogen and oxygen atoms in total. The van der Waals surface area contributed by atoms with Crippen molar-refractivity contribution in [2.24, 2.45) is 29.6 Å². The summed E-state index contributed by atoms with van der Waals surface area (Å²) in [4.78, 5) is 0. The van der Waals surface area contributed by atoms with Gasteiger partial charge in [-0.25, -0.2) is 0 Å². The third-order valence-corrected chi connectivity index (χ3v) is 6.99. The normalized spacial score (nSPS) is 40.0. The first-order valence-electron chi connectivity index (χ1n) is 7.71. The third kappa shape index (κ3) is 2.19. The second-order valence-electron chi connectivity index (χ2n) is 7.08. The average Bonchev–Trinajstić information content (AvgIpc) is 2.37. The molecule has 3 heteroatoms. The summed E-state index contributed by atoms with van der Waals surface area (Å²) in [5.41, 5.74) is 1.08. The Balaban J connectivity index is 1.63. The van der Waals surface area contributed by atoms with Gasteiger partial charge >= 0.3 is 0 Å². The molecule has 0 aliphatic heterocycles. The van der Waals surface area contributed by atoms with E-state index in [1.54, 1.807) is 0 Å². The number of hydrogen-bond acceptors (Lipinski definition) is 0. The topological polar surface area (TPSA) is 0 Å². The van der Waals surface area contributed by atoms with Crippen molar-refractivity contribution in [3.8, 4) is 0 Å². The number of hydrogen-bond donors (Lipinski definition) is 0. The number of benzene rings is 1. The Bertz CT molecular complexity index is 497. The summed E-state index contributed by atoms with van der Waals surface area (Å²) >= 11 is 19.2. The molecular formula is C17H19Cl3. The molecule has 0 aromatic heterocycles. The van der Waals surface area contributed by atoms with Crippen LogP contribution < -0.4 is 0 Å². The first kappa shape index (κ1) is 13.7. The SMILES string of the molecule is Clc1ccc(C(Cl)C2C3CC4CC(C3)CC2C4)c(Cl)c1. The monoisotopic (exact) mass is 328 g/mol. The molecule has 1 unspecified atom stereocenters. The van der Waals surface area contributed by atoms with Gasteiger partial charge in [-0.3, -0.25) is 0 Å². The number of alkyl halides is 1. The van der Waals surface area contributed by atoms with E-state index in [4.69, 9.17) is 34.8 Å². The minimum absolute atomic E-state index is 0.0507. The van der Waals surface area contributed by atoms with Gasteiger partial charge in [-0.15, -0.1) is 11.6 Å². The van der Waals surface area contributed by atoms with Crippen LogP contribution in [0.3, 0.4) is 0 Å². The molecule has 1 aromatic carbocycles. The first-order chi connectivity index (χ1) is 9.61. The molecule has 4 saturated carbocycles. The van der Waals surface area contributed by atoms with E-state index in [9.17, 15) is 0 Å². The molecule has 0 saturated heterocycles. The standard InChI is InChI=1S/C17H19Cl3/c18-13-1-2-14(15(19)8-13)17(20)16-11-4-9-3-10(6-11)7-12(16)5-9/h1-2,8-12,16-17H,3-7H2. The highest BCUT2D eigenvalue weighted by Gasteiger charge is 2.50. The maximum atomic E-state index is 6.88. The smallest absolute Gasteiger partial charge is 0.0633 e. The summed E-state index contributed by atoms with van der Waals surface area (Å²) in [5, 5.41) is 1.47. The number of rotatable bonds is 2. The van der Waals surface area contributed by atoms with E-state index in [-0.39, 0.29) is 5.38 Å². The summed E-state index contributed by atoms with van der Waals surface area (Å²) < 4.78 is 0. The Hall–Kier alpha value is 0.0900. The molecule has 4 bridgehead atoms. The van der Waals surface area contributed by atoms with Crippen LogP contribution in [0.15, 0.2) is 18.2 Å². The fraction of sp³-hybridized carbons (Fsp3) is 0.647. The molecule has 4 fully saturated rings. The van der Waals surface area contributed by atoms with Crippen molar-refractivity contribution in [1.29, 1.82) is 0 Å². The molecule has 1 aromatic rings. The van der Waals surface area contributed by atoms with Gasteiger partial charge in [-0.2, -0.15) is 0 Å². The molecule has 5 rings (SSSR count). The van der Waals surface area contributed by atoms with Crippen LogP contribution in [0.2, 0.25) is 10.0 Å². The van der Waals surface area contributed by atoms with Gasteiger partial charge in [-0.1, -0.05) is 29.3 Å². The lowest BCUT2D eigenvalue weighted by Crippen LogP contribution is -2.46. The molecule has 0 radical (unpaired) electrons. The molecule has 20 heavy (non-hydrogen) atoms. The van der Waals surface area contributed by atoms with Crippen molar-refractivity contribution in [3.63, 3.8) is 0 Å². The van der Waals surface area contributed by atoms with Crippen LogP contribution >= 0.6 is 34.8 Å². The predicted molar refractivity (Wildman–Crippen MR) is 85.6 cm³/mol. The van der Waals surface area contributed by atoms with E-state index < -0.39 is 0 Å². The van der Waals surface area contributed by atoms with Crippen LogP contribution in [0.25, 0.3) is 0 Å². The van der Waals surface area contributed by atoms with Crippen molar-refractivity contribution in [3.05, 3.63) is 33.8 Å². The highest BCUT2D eigenvalue weighted by molar-refractivity contribution is 6.35. The molecule has 1 atom stereocenters. The fourth-order valence-electron chi connectivity index (χ4n) is 5.38. The minimum atomic E-state index is 0.0507. The summed E-state index contributed by atoms with van der Waals surface area (Å²) in [7, 11) is 0. The first-order valence-corrected chi connectivity index (χ1v) is 8.90. The molecule has 0 amide bonds. The molecule has 0 spiro atoms. The molecule has 4 aliphatic carbocycles. The zero-order valence-corrected chi connectivity index (χ0v) is 13.6. The maximum Gasteiger partial charge on any atom is 0.0633 e. The summed E-state index contributed by atoms with van der Waals surface area (Å²) in [6, 6.07) is 5.76. The summed E-state index contributed by atoms with van der Waals surface area (Å²) in [5.74, 6) is 4.22. The van der Waals surface area contributed by atoms with Crippen LogP contribution in [0.1, 0.15) is 43.0 Å². The Morgan fingerprint density at radius 3 is 2.05 bits per heavy atom. The van der Waals surface area contributed by atoms with Crippen LogP contribution in [0.5, 0.6) is 0 Å². The van der Waals surface area contributed by atoms with Gasteiger partial charge in [0.05, 0.1) is 5.38 Å². The van der Waals surface area contributed by atoms with Gasteiger partial charge in [0.25, 0.3) is 0 Å². The molecule has 108 valence electrons. The van der Waals surface area contributed by atoms with E-state index in [0.29, 0.717) is 10.9 Å². The van der Waals surface area contributed by atoms with Crippen molar-refractivity contribution in [2.45, 2.75) is 37.5 Å². The van der Waals surface area contributed by atoms with Crippen molar-refractivity contribution in [1.82, 2.24) is 0 Å². The number of halogens is 3. The van der Waals surface area contributed by atoms with Gasteiger partial charge in [-0.05, 0) is 79.4 Å². The molecule has 0 heterocycles. The lowest BCUT2D eigenvalue weighted by atomic mass is 9.51. The largest absolute Gasteiger partial charge is 0.117 e.